The van der Waals surface area contributed by atoms with Gasteiger partial charge in [-0.1, -0.05) is 24.3 Å². The summed E-state index contributed by atoms with van der Waals surface area (Å²) in [7, 11) is -3.49. The number of ether oxygens (including phenoxy) is 1. The number of benzene rings is 1. The molecule has 0 aliphatic rings. The average molecular weight is 412 g/mol. The molecule has 1 aromatic carbocycles. The number of aliphatic hydroxyl groups is 1. The number of rotatable bonds is 10. The second-order valence-corrected chi connectivity index (χ2v) is 8.88. The number of nitrogens with zero attached hydrogens (tertiary/aromatic N) is 1. The number of thiophene rings is 1. The van der Waals surface area contributed by atoms with Gasteiger partial charge in [0.25, 0.3) is 0 Å². The molecular formula is C18H25N3O4S2. The number of aliphatic imine (C=N–C) groups is 1. The zero-order valence-electron chi connectivity index (χ0n) is 15.2. The van der Waals surface area contributed by atoms with Crippen LogP contribution in [-0.4, -0.2) is 57.6 Å². The van der Waals surface area contributed by atoms with Crippen molar-refractivity contribution >= 4 is 27.1 Å². The van der Waals surface area contributed by atoms with Crippen LogP contribution in [0, 0.1) is 0 Å². The van der Waals surface area contributed by atoms with Crippen LogP contribution in [0.15, 0.2) is 57.0 Å². The van der Waals surface area contributed by atoms with Gasteiger partial charge < -0.3 is 20.5 Å². The molecule has 0 amide bonds. The van der Waals surface area contributed by atoms with E-state index in [1.165, 1.54) is 6.07 Å². The molecule has 27 heavy (non-hydrogen) atoms. The van der Waals surface area contributed by atoms with Crippen LogP contribution >= 0.6 is 11.3 Å². The first kappa shape index (κ1) is 21.2. The van der Waals surface area contributed by atoms with E-state index < -0.39 is 15.9 Å². The smallest absolute Gasteiger partial charge is 0.191 e. The Morgan fingerprint density at radius 3 is 2.67 bits per heavy atom. The highest BCUT2D eigenvalue weighted by molar-refractivity contribution is 7.93. The van der Waals surface area contributed by atoms with Crippen LogP contribution in [0.5, 0.6) is 5.75 Å². The van der Waals surface area contributed by atoms with Gasteiger partial charge in [0.2, 0.25) is 0 Å². The van der Waals surface area contributed by atoms with Gasteiger partial charge in [0.15, 0.2) is 15.8 Å². The van der Waals surface area contributed by atoms with Gasteiger partial charge in [0.1, 0.15) is 16.6 Å². The van der Waals surface area contributed by atoms with Gasteiger partial charge in [-0.25, -0.2) is 8.42 Å². The second-order valence-electron chi connectivity index (χ2n) is 5.68. The zero-order valence-corrected chi connectivity index (χ0v) is 16.8. The SMILES string of the molecule is CCNC(=NCC(O)CS(=O)(=O)c1cccs1)NCCOc1ccccc1. The third-order valence-corrected chi connectivity index (χ3v) is 6.71. The Labute approximate surface area is 164 Å². The molecule has 0 spiro atoms. The molecule has 0 aliphatic heterocycles. The van der Waals surface area contributed by atoms with E-state index >= 15 is 0 Å². The lowest BCUT2D eigenvalue weighted by molar-refractivity contribution is 0.206. The number of aliphatic hydroxyl groups excluding tert-OH is 1. The Kier molecular flexibility index (Phi) is 8.56. The molecule has 3 N–H and O–H groups in total. The standard InChI is InChI=1S/C18H25N3O4S2/c1-2-19-18(20-10-11-25-16-7-4-3-5-8-16)21-13-15(22)14-27(23,24)17-9-6-12-26-17/h3-9,12,15,22H,2,10-11,13-14H2,1H3,(H2,19,20,21). The number of sulfone groups is 1. The summed E-state index contributed by atoms with van der Waals surface area (Å²) in [5.74, 6) is 0.935. The zero-order chi connectivity index (χ0) is 19.5. The van der Waals surface area contributed by atoms with Crippen molar-refractivity contribution in [3.05, 3.63) is 47.8 Å². The number of guanidine groups is 1. The van der Waals surface area contributed by atoms with Gasteiger partial charge in [-0.15, -0.1) is 11.3 Å². The van der Waals surface area contributed by atoms with Crippen molar-refractivity contribution in [2.24, 2.45) is 4.99 Å². The predicted octanol–water partition coefficient (Wildman–Crippen LogP) is 1.52. The maximum absolute atomic E-state index is 12.2. The van der Waals surface area contributed by atoms with Crippen molar-refractivity contribution in [2.45, 2.75) is 17.2 Å². The van der Waals surface area contributed by atoms with Crippen LogP contribution in [-0.2, 0) is 9.84 Å². The topological polar surface area (TPSA) is 100 Å². The van der Waals surface area contributed by atoms with Gasteiger partial charge in [-0.05, 0) is 30.5 Å². The molecule has 2 aromatic rings. The van der Waals surface area contributed by atoms with Gasteiger partial charge in [0.05, 0.1) is 24.9 Å². The minimum Gasteiger partial charge on any atom is -0.492 e. The maximum Gasteiger partial charge on any atom is 0.191 e. The van der Waals surface area contributed by atoms with Crippen LogP contribution in [0.1, 0.15) is 6.92 Å². The molecule has 1 unspecified atom stereocenters. The Morgan fingerprint density at radius 2 is 2.00 bits per heavy atom. The van der Waals surface area contributed by atoms with Crippen LogP contribution in [0.4, 0.5) is 0 Å². The Bertz CT molecular complexity index is 793. The monoisotopic (exact) mass is 411 g/mol. The van der Waals surface area contributed by atoms with Crippen LogP contribution < -0.4 is 15.4 Å². The van der Waals surface area contributed by atoms with E-state index in [2.05, 4.69) is 15.6 Å². The van der Waals surface area contributed by atoms with E-state index in [0.717, 1.165) is 17.1 Å². The summed E-state index contributed by atoms with van der Waals surface area (Å²) in [5, 5.41) is 17.9. The summed E-state index contributed by atoms with van der Waals surface area (Å²) in [5.41, 5.74) is 0. The molecule has 0 saturated heterocycles. The van der Waals surface area contributed by atoms with E-state index in [9.17, 15) is 13.5 Å². The molecule has 0 aliphatic carbocycles. The molecule has 1 aromatic heterocycles. The number of hydrogen-bond donors (Lipinski definition) is 3. The molecule has 0 bridgehead atoms. The maximum atomic E-state index is 12.2. The second kappa shape index (κ2) is 10.9. The van der Waals surface area contributed by atoms with E-state index in [0.29, 0.717) is 25.7 Å². The third-order valence-electron chi connectivity index (χ3n) is 3.42. The highest BCUT2D eigenvalue weighted by Crippen LogP contribution is 2.18. The summed E-state index contributed by atoms with van der Waals surface area (Å²) < 4.78 is 30.2. The fourth-order valence-electron chi connectivity index (χ4n) is 2.22. The van der Waals surface area contributed by atoms with Crippen molar-refractivity contribution in [2.75, 3.05) is 32.0 Å². The van der Waals surface area contributed by atoms with Crippen LogP contribution in [0.3, 0.4) is 0 Å². The quantitative estimate of drug-likeness (QED) is 0.311. The third kappa shape index (κ3) is 7.58. The molecule has 148 valence electrons. The van der Waals surface area contributed by atoms with Gasteiger partial charge >= 0.3 is 0 Å². The largest absolute Gasteiger partial charge is 0.492 e. The number of para-hydroxylation sites is 1. The van der Waals surface area contributed by atoms with E-state index in [1.807, 2.05) is 37.3 Å². The van der Waals surface area contributed by atoms with Gasteiger partial charge in [-0.3, -0.25) is 4.99 Å². The van der Waals surface area contributed by atoms with Crippen molar-refractivity contribution < 1.29 is 18.3 Å². The minimum absolute atomic E-state index is 0.0144. The molecule has 1 heterocycles. The fraction of sp³-hybridized carbons (Fsp3) is 0.389. The molecule has 2 rings (SSSR count). The lowest BCUT2D eigenvalue weighted by Gasteiger charge is -2.13. The Morgan fingerprint density at radius 1 is 1.22 bits per heavy atom. The number of nitrogens with one attached hydrogen (secondary N) is 2. The summed E-state index contributed by atoms with van der Waals surface area (Å²) >= 11 is 1.14. The Balaban J connectivity index is 1.79. The predicted molar refractivity (Wildman–Crippen MR) is 108 cm³/mol. The molecule has 0 fully saturated rings. The first-order chi connectivity index (χ1) is 13.0. The first-order valence-corrected chi connectivity index (χ1v) is 11.2. The molecule has 9 heteroatoms. The van der Waals surface area contributed by atoms with Crippen molar-refractivity contribution in [3.8, 4) is 5.75 Å². The molecule has 0 saturated carbocycles. The molecule has 0 radical (unpaired) electrons. The van der Waals surface area contributed by atoms with Crippen molar-refractivity contribution in [1.29, 1.82) is 0 Å². The van der Waals surface area contributed by atoms with Crippen LogP contribution in [0.25, 0.3) is 0 Å². The summed E-state index contributed by atoms with van der Waals surface area (Å²) in [6.45, 7) is 3.53. The molecule has 1 atom stereocenters. The number of hydrogen-bond acceptors (Lipinski definition) is 6. The highest BCUT2D eigenvalue weighted by atomic mass is 32.2. The summed E-state index contributed by atoms with van der Waals surface area (Å²) in [4.78, 5) is 4.25. The normalized spacial score (nSPS) is 13.2. The van der Waals surface area contributed by atoms with Crippen molar-refractivity contribution in [3.63, 3.8) is 0 Å². The molecular weight excluding hydrogens is 386 g/mol. The van der Waals surface area contributed by atoms with Gasteiger partial charge in [0, 0.05) is 6.54 Å². The van der Waals surface area contributed by atoms with E-state index in [4.69, 9.17) is 4.74 Å². The highest BCUT2D eigenvalue weighted by Gasteiger charge is 2.20. The summed E-state index contributed by atoms with van der Waals surface area (Å²) in [6.07, 6.45) is -1.08. The lowest BCUT2D eigenvalue weighted by atomic mass is 10.3. The molecule has 7 nitrogen and oxygen atoms in total. The van der Waals surface area contributed by atoms with Crippen molar-refractivity contribution in [1.82, 2.24) is 10.6 Å². The van der Waals surface area contributed by atoms with Gasteiger partial charge in [-0.2, -0.15) is 0 Å². The summed E-state index contributed by atoms with van der Waals surface area (Å²) in [6, 6.07) is 12.7. The fourth-order valence-corrected chi connectivity index (χ4v) is 4.69. The lowest BCUT2D eigenvalue weighted by Crippen LogP contribution is -2.40. The Hall–Kier alpha value is -2.10. The first-order valence-electron chi connectivity index (χ1n) is 8.65. The van der Waals surface area contributed by atoms with E-state index in [1.54, 1.807) is 11.4 Å². The van der Waals surface area contributed by atoms with Crippen LogP contribution in [0.2, 0.25) is 0 Å². The average Bonchev–Trinajstić information content (AvgIpc) is 3.19. The van der Waals surface area contributed by atoms with E-state index in [-0.39, 0.29) is 16.5 Å². The minimum atomic E-state index is -3.49.